The molecule has 2 aliphatic heterocycles. The first-order chi connectivity index (χ1) is 15.8. The monoisotopic (exact) mass is 469 g/mol. The number of amides is 2. The van der Waals surface area contributed by atoms with Gasteiger partial charge in [0.1, 0.15) is 0 Å². The topological polar surface area (TPSA) is 86.8 Å². The minimum Gasteiger partial charge on any atom is -0.352 e. The van der Waals surface area contributed by atoms with Gasteiger partial charge in [-0.25, -0.2) is 8.42 Å². The Morgan fingerprint density at radius 3 is 2.45 bits per heavy atom. The van der Waals surface area contributed by atoms with Gasteiger partial charge in [0, 0.05) is 39.1 Å². The number of nitrogens with one attached hydrogen (secondary N) is 1. The molecule has 0 bridgehead atoms. The van der Waals surface area contributed by atoms with Crippen molar-refractivity contribution in [2.24, 2.45) is 5.92 Å². The van der Waals surface area contributed by atoms with Crippen LogP contribution in [0, 0.1) is 12.8 Å². The standard InChI is InChI=1S/C25H31N3O4S/c1-19-10-12-23(13-11-19)33(31,32)28-15-4-8-22(18-28)25(30)26-16-20-6-2-3-7-21(20)17-27-14-5-9-24(27)29/h2-3,6-7,10-13,22H,4-5,8-9,14-18H2,1H3,(H,26,30)/t22-/m0/s1. The van der Waals surface area contributed by atoms with E-state index in [1.54, 1.807) is 24.3 Å². The summed E-state index contributed by atoms with van der Waals surface area (Å²) in [7, 11) is -3.62. The molecule has 0 saturated carbocycles. The quantitative estimate of drug-likeness (QED) is 0.676. The van der Waals surface area contributed by atoms with Gasteiger partial charge in [-0.05, 0) is 49.4 Å². The van der Waals surface area contributed by atoms with E-state index in [0.717, 1.165) is 29.7 Å². The Hall–Kier alpha value is -2.71. The highest BCUT2D eigenvalue weighted by Crippen LogP contribution is 2.24. The summed E-state index contributed by atoms with van der Waals surface area (Å²) in [6.07, 6.45) is 2.80. The van der Waals surface area contributed by atoms with Crippen LogP contribution in [0.3, 0.4) is 0 Å². The number of aryl methyl sites for hydroxylation is 1. The van der Waals surface area contributed by atoms with Crippen molar-refractivity contribution in [3.63, 3.8) is 0 Å². The Labute approximate surface area is 195 Å². The maximum absolute atomic E-state index is 13.0. The molecule has 176 valence electrons. The molecule has 4 rings (SSSR count). The van der Waals surface area contributed by atoms with Crippen LogP contribution < -0.4 is 5.32 Å². The lowest BCUT2D eigenvalue weighted by atomic mass is 9.98. The van der Waals surface area contributed by atoms with Crippen molar-refractivity contribution < 1.29 is 18.0 Å². The summed E-state index contributed by atoms with van der Waals surface area (Å²) in [6, 6.07) is 14.6. The van der Waals surface area contributed by atoms with Crippen LogP contribution in [-0.4, -0.2) is 49.1 Å². The maximum Gasteiger partial charge on any atom is 0.243 e. The Balaban J connectivity index is 1.38. The number of carbonyl (C=O) groups is 2. The minimum absolute atomic E-state index is 0.133. The normalized spacial score (nSPS) is 19.6. The zero-order valence-electron chi connectivity index (χ0n) is 19.0. The van der Waals surface area contributed by atoms with Crippen molar-refractivity contribution in [2.75, 3.05) is 19.6 Å². The molecule has 2 aliphatic rings. The summed E-state index contributed by atoms with van der Waals surface area (Å²) in [5.74, 6) is -0.344. The molecule has 0 aromatic heterocycles. The zero-order chi connectivity index (χ0) is 23.4. The lowest BCUT2D eigenvalue weighted by Gasteiger charge is -2.31. The van der Waals surface area contributed by atoms with Gasteiger partial charge in [0.15, 0.2) is 0 Å². The molecule has 2 amide bonds. The fourth-order valence-electron chi connectivity index (χ4n) is 4.52. The van der Waals surface area contributed by atoms with Gasteiger partial charge in [0.25, 0.3) is 0 Å². The summed E-state index contributed by atoms with van der Waals surface area (Å²) >= 11 is 0. The Kier molecular flexibility index (Phi) is 7.14. The molecule has 33 heavy (non-hydrogen) atoms. The molecule has 8 heteroatoms. The second-order valence-corrected chi connectivity index (χ2v) is 10.9. The number of hydrogen-bond donors (Lipinski definition) is 1. The third kappa shape index (κ3) is 5.45. The van der Waals surface area contributed by atoms with E-state index in [1.807, 2.05) is 36.1 Å². The van der Waals surface area contributed by atoms with Crippen LogP contribution >= 0.6 is 0 Å². The summed E-state index contributed by atoms with van der Waals surface area (Å²) in [4.78, 5) is 27.1. The molecule has 0 aliphatic carbocycles. The largest absolute Gasteiger partial charge is 0.352 e. The third-order valence-electron chi connectivity index (χ3n) is 6.52. The summed E-state index contributed by atoms with van der Waals surface area (Å²) < 4.78 is 27.5. The molecule has 2 aromatic rings. The lowest BCUT2D eigenvalue weighted by molar-refractivity contribution is -0.128. The van der Waals surface area contributed by atoms with Crippen LogP contribution in [-0.2, 0) is 32.7 Å². The van der Waals surface area contributed by atoms with E-state index in [2.05, 4.69) is 5.32 Å². The molecule has 2 saturated heterocycles. The van der Waals surface area contributed by atoms with Crippen LogP contribution in [0.5, 0.6) is 0 Å². The number of carbonyl (C=O) groups excluding carboxylic acids is 2. The van der Waals surface area contributed by atoms with Crippen molar-refractivity contribution in [3.05, 3.63) is 65.2 Å². The highest BCUT2D eigenvalue weighted by atomic mass is 32.2. The molecule has 1 N–H and O–H groups in total. The molecule has 2 aromatic carbocycles. The first-order valence-corrected chi connectivity index (χ1v) is 13.0. The average Bonchev–Trinajstić information content (AvgIpc) is 3.23. The van der Waals surface area contributed by atoms with Crippen LogP contribution in [0.15, 0.2) is 53.4 Å². The number of hydrogen-bond acceptors (Lipinski definition) is 4. The fraction of sp³-hybridized carbons (Fsp3) is 0.440. The van der Waals surface area contributed by atoms with Gasteiger partial charge in [0.05, 0.1) is 10.8 Å². The molecule has 7 nitrogen and oxygen atoms in total. The molecule has 2 fully saturated rings. The van der Waals surface area contributed by atoms with E-state index in [9.17, 15) is 18.0 Å². The fourth-order valence-corrected chi connectivity index (χ4v) is 6.05. The van der Waals surface area contributed by atoms with Gasteiger partial charge >= 0.3 is 0 Å². The Morgan fingerprint density at radius 1 is 1.03 bits per heavy atom. The SMILES string of the molecule is Cc1ccc(S(=O)(=O)N2CCC[C@H](C(=O)NCc3ccccc3CN3CCCC3=O)C2)cc1. The van der Waals surface area contributed by atoms with Gasteiger partial charge in [-0.2, -0.15) is 4.31 Å². The number of piperidine rings is 1. The first-order valence-electron chi connectivity index (χ1n) is 11.5. The number of rotatable bonds is 7. The van der Waals surface area contributed by atoms with Crippen LogP contribution in [0.1, 0.15) is 42.4 Å². The van der Waals surface area contributed by atoms with E-state index >= 15 is 0 Å². The van der Waals surface area contributed by atoms with E-state index in [0.29, 0.717) is 38.9 Å². The lowest BCUT2D eigenvalue weighted by Crippen LogP contribution is -2.45. The maximum atomic E-state index is 13.0. The van der Waals surface area contributed by atoms with Crippen LogP contribution in [0.2, 0.25) is 0 Å². The van der Waals surface area contributed by atoms with E-state index in [4.69, 9.17) is 0 Å². The van der Waals surface area contributed by atoms with E-state index < -0.39 is 10.0 Å². The number of sulfonamides is 1. The first kappa shape index (κ1) is 23.4. The summed E-state index contributed by atoms with van der Waals surface area (Å²) in [5.41, 5.74) is 3.00. The highest BCUT2D eigenvalue weighted by molar-refractivity contribution is 7.89. The van der Waals surface area contributed by atoms with Crippen molar-refractivity contribution in [3.8, 4) is 0 Å². The third-order valence-corrected chi connectivity index (χ3v) is 8.40. The summed E-state index contributed by atoms with van der Waals surface area (Å²) in [6.45, 7) is 4.21. The minimum atomic E-state index is -3.62. The van der Waals surface area contributed by atoms with Gasteiger partial charge in [-0.3, -0.25) is 9.59 Å². The van der Waals surface area contributed by atoms with Crippen LogP contribution in [0.4, 0.5) is 0 Å². The van der Waals surface area contributed by atoms with Gasteiger partial charge in [-0.15, -0.1) is 0 Å². The predicted octanol–water partition coefficient (Wildman–Crippen LogP) is 2.83. The van der Waals surface area contributed by atoms with Crippen LogP contribution in [0.25, 0.3) is 0 Å². The van der Waals surface area contributed by atoms with Crippen molar-refractivity contribution in [1.29, 1.82) is 0 Å². The molecular weight excluding hydrogens is 438 g/mol. The number of nitrogens with zero attached hydrogens (tertiary/aromatic N) is 2. The van der Waals surface area contributed by atoms with Gasteiger partial charge < -0.3 is 10.2 Å². The van der Waals surface area contributed by atoms with E-state index in [-0.39, 0.29) is 29.2 Å². The van der Waals surface area contributed by atoms with E-state index in [1.165, 1.54) is 4.31 Å². The summed E-state index contributed by atoms with van der Waals surface area (Å²) in [5, 5.41) is 3.00. The van der Waals surface area contributed by atoms with Crippen molar-refractivity contribution in [2.45, 2.75) is 50.6 Å². The average molecular weight is 470 g/mol. The second kappa shape index (κ2) is 10.1. The van der Waals surface area contributed by atoms with Gasteiger partial charge in [-0.1, -0.05) is 42.0 Å². The number of likely N-dealkylation sites (tertiary alicyclic amines) is 1. The molecule has 0 unspecified atom stereocenters. The predicted molar refractivity (Wildman–Crippen MR) is 126 cm³/mol. The highest BCUT2D eigenvalue weighted by Gasteiger charge is 2.33. The Morgan fingerprint density at radius 2 is 1.76 bits per heavy atom. The molecular formula is C25H31N3O4S. The second-order valence-electron chi connectivity index (χ2n) is 8.92. The molecule has 2 heterocycles. The molecule has 1 atom stereocenters. The smallest absolute Gasteiger partial charge is 0.243 e. The Bertz CT molecular complexity index is 1110. The molecule has 0 spiro atoms. The zero-order valence-corrected chi connectivity index (χ0v) is 19.8. The van der Waals surface area contributed by atoms with Crippen molar-refractivity contribution in [1.82, 2.24) is 14.5 Å². The number of benzene rings is 2. The molecule has 0 radical (unpaired) electrons. The van der Waals surface area contributed by atoms with Gasteiger partial charge in [0.2, 0.25) is 21.8 Å². The van der Waals surface area contributed by atoms with Crippen molar-refractivity contribution >= 4 is 21.8 Å².